The number of carbonyl (C=O) groups is 2. The molecule has 2 heterocycles. The van der Waals surface area contributed by atoms with Crippen molar-refractivity contribution in [3.63, 3.8) is 0 Å². The van der Waals surface area contributed by atoms with Gasteiger partial charge in [-0.2, -0.15) is 0 Å². The first kappa shape index (κ1) is 19.1. The number of nitrogens with one attached hydrogen (secondary N) is 1. The summed E-state index contributed by atoms with van der Waals surface area (Å²) >= 11 is 0. The van der Waals surface area contributed by atoms with Crippen LogP contribution in [0.2, 0.25) is 0 Å². The van der Waals surface area contributed by atoms with Gasteiger partial charge >= 0.3 is 0 Å². The lowest BCUT2D eigenvalue weighted by atomic mass is 10.2. The van der Waals surface area contributed by atoms with E-state index in [1.54, 1.807) is 23.1 Å². The van der Waals surface area contributed by atoms with Crippen LogP contribution < -0.4 is 24.6 Å². The molecule has 2 amide bonds. The van der Waals surface area contributed by atoms with E-state index in [0.29, 0.717) is 17.2 Å². The highest BCUT2D eigenvalue weighted by Gasteiger charge is 2.19. The van der Waals surface area contributed by atoms with E-state index in [4.69, 9.17) is 9.47 Å². The zero-order valence-corrected chi connectivity index (χ0v) is 16.5. The van der Waals surface area contributed by atoms with E-state index in [1.165, 1.54) is 25.5 Å². The number of rotatable bonds is 6. The van der Waals surface area contributed by atoms with Crippen molar-refractivity contribution in [3.05, 3.63) is 42.5 Å². The first-order valence-electron chi connectivity index (χ1n) is 9.93. The Bertz CT molecular complexity index is 891. The number of carbonyl (C=O) groups excluding carboxylic acids is 2. The Labute approximate surface area is 170 Å². The van der Waals surface area contributed by atoms with Crippen LogP contribution >= 0.6 is 0 Å². The lowest BCUT2D eigenvalue weighted by Gasteiger charge is -2.21. The van der Waals surface area contributed by atoms with Gasteiger partial charge in [0.15, 0.2) is 11.5 Å². The highest BCUT2D eigenvalue weighted by Crippen LogP contribution is 2.35. The second kappa shape index (κ2) is 8.43. The van der Waals surface area contributed by atoms with Crippen LogP contribution in [0.4, 0.5) is 17.1 Å². The molecule has 2 aliphatic heterocycles. The van der Waals surface area contributed by atoms with Crippen molar-refractivity contribution in [2.45, 2.75) is 26.2 Å². The maximum absolute atomic E-state index is 12.4. The third-order valence-corrected chi connectivity index (χ3v) is 5.23. The third-order valence-electron chi connectivity index (χ3n) is 5.23. The van der Waals surface area contributed by atoms with Crippen LogP contribution in [0.25, 0.3) is 0 Å². The molecule has 0 bridgehead atoms. The van der Waals surface area contributed by atoms with E-state index in [0.717, 1.165) is 18.8 Å². The summed E-state index contributed by atoms with van der Waals surface area (Å²) in [6.45, 7) is 4.13. The summed E-state index contributed by atoms with van der Waals surface area (Å²) in [5, 5.41) is 2.91. The van der Waals surface area contributed by atoms with E-state index in [2.05, 4.69) is 10.2 Å². The number of benzene rings is 2. The van der Waals surface area contributed by atoms with E-state index < -0.39 is 0 Å². The summed E-state index contributed by atoms with van der Waals surface area (Å²) in [6, 6.07) is 13.3. The molecule has 152 valence electrons. The molecule has 0 radical (unpaired) electrons. The van der Waals surface area contributed by atoms with Crippen LogP contribution in [0, 0.1) is 0 Å². The topological polar surface area (TPSA) is 71.1 Å². The molecular formula is C22H25N3O4. The summed E-state index contributed by atoms with van der Waals surface area (Å²) in [7, 11) is 0. The molecule has 2 aliphatic rings. The van der Waals surface area contributed by atoms with Gasteiger partial charge in [-0.3, -0.25) is 9.59 Å². The Morgan fingerprint density at radius 1 is 1.03 bits per heavy atom. The zero-order chi connectivity index (χ0) is 20.2. The van der Waals surface area contributed by atoms with Gasteiger partial charge in [0.25, 0.3) is 0 Å². The van der Waals surface area contributed by atoms with Gasteiger partial charge in [0.1, 0.15) is 0 Å². The van der Waals surface area contributed by atoms with Crippen molar-refractivity contribution < 1.29 is 19.1 Å². The predicted molar refractivity (Wildman–Crippen MR) is 112 cm³/mol. The number of fused-ring (bicyclic) bond motifs is 1. The van der Waals surface area contributed by atoms with E-state index in [1.807, 2.05) is 24.3 Å². The van der Waals surface area contributed by atoms with Crippen LogP contribution in [0.5, 0.6) is 11.5 Å². The highest BCUT2D eigenvalue weighted by atomic mass is 16.7. The highest BCUT2D eigenvalue weighted by molar-refractivity contribution is 5.95. The molecule has 29 heavy (non-hydrogen) atoms. The summed E-state index contributed by atoms with van der Waals surface area (Å²) in [5.74, 6) is 1.00. The van der Waals surface area contributed by atoms with Crippen molar-refractivity contribution >= 4 is 28.9 Å². The lowest BCUT2D eigenvalue weighted by Crippen LogP contribution is -2.31. The lowest BCUT2D eigenvalue weighted by molar-refractivity contribution is -0.117. The quantitative estimate of drug-likeness (QED) is 0.812. The molecule has 1 N–H and O–H groups in total. The molecule has 7 nitrogen and oxygen atoms in total. The fourth-order valence-electron chi connectivity index (χ4n) is 3.69. The van der Waals surface area contributed by atoms with E-state index >= 15 is 0 Å². The minimum Gasteiger partial charge on any atom is -0.454 e. The molecule has 0 unspecified atom stereocenters. The third kappa shape index (κ3) is 4.45. The number of hydrogen-bond acceptors (Lipinski definition) is 5. The SMILES string of the molecule is CC(=O)N(CCC(=O)Nc1ccc(N2CCCC2)cc1)c1ccc2c(c1)OCO2. The van der Waals surface area contributed by atoms with Crippen LogP contribution in [0.3, 0.4) is 0 Å². The Hall–Kier alpha value is -3.22. The van der Waals surface area contributed by atoms with Gasteiger partial charge in [-0.1, -0.05) is 0 Å². The second-order valence-corrected chi connectivity index (χ2v) is 7.25. The van der Waals surface area contributed by atoms with Gasteiger partial charge in [-0.15, -0.1) is 0 Å². The van der Waals surface area contributed by atoms with Crippen molar-refractivity contribution in [1.82, 2.24) is 0 Å². The van der Waals surface area contributed by atoms with Crippen LogP contribution in [0.15, 0.2) is 42.5 Å². The zero-order valence-electron chi connectivity index (χ0n) is 16.5. The molecule has 4 rings (SSSR count). The summed E-state index contributed by atoms with van der Waals surface area (Å²) in [6.07, 6.45) is 2.66. The maximum atomic E-state index is 12.4. The summed E-state index contributed by atoms with van der Waals surface area (Å²) in [5.41, 5.74) is 2.63. The van der Waals surface area contributed by atoms with Crippen LogP contribution in [-0.2, 0) is 9.59 Å². The molecule has 0 spiro atoms. The van der Waals surface area contributed by atoms with Gasteiger partial charge in [0, 0.05) is 56.1 Å². The molecular weight excluding hydrogens is 370 g/mol. The van der Waals surface area contributed by atoms with Gasteiger partial charge in [0.2, 0.25) is 18.6 Å². The maximum Gasteiger partial charge on any atom is 0.231 e. The predicted octanol–water partition coefficient (Wildman–Crippen LogP) is 3.40. The molecule has 2 aromatic carbocycles. The fraction of sp³-hybridized carbons (Fsp3) is 0.364. The van der Waals surface area contributed by atoms with Gasteiger partial charge in [-0.05, 0) is 49.2 Å². The second-order valence-electron chi connectivity index (χ2n) is 7.25. The average Bonchev–Trinajstić information content (AvgIpc) is 3.40. The number of anilines is 3. The van der Waals surface area contributed by atoms with Crippen molar-refractivity contribution in [2.75, 3.05) is 41.5 Å². The van der Waals surface area contributed by atoms with Gasteiger partial charge in [0.05, 0.1) is 0 Å². The van der Waals surface area contributed by atoms with Crippen LogP contribution in [0.1, 0.15) is 26.2 Å². The molecule has 0 aliphatic carbocycles. The minimum absolute atomic E-state index is 0.133. The average molecular weight is 395 g/mol. The standard InChI is InChI=1S/C22H25N3O4/c1-16(26)25(19-8-9-20-21(14-19)29-15-28-20)13-10-22(27)23-17-4-6-18(7-5-17)24-11-2-3-12-24/h4-9,14H,2-3,10-13,15H2,1H3,(H,23,27). The van der Waals surface area contributed by atoms with E-state index in [9.17, 15) is 9.59 Å². The van der Waals surface area contributed by atoms with Crippen LogP contribution in [-0.4, -0.2) is 38.2 Å². The molecule has 7 heteroatoms. The Kier molecular flexibility index (Phi) is 5.55. The normalized spacial score (nSPS) is 14.7. The number of ether oxygens (including phenoxy) is 2. The Morgan fingerprint density at radius 3 is 2.48 bits per heavy atom. The Morgan fingerprint density at radius 2 is 1.76 bits per heavy atom. The number of amides is 2. The molecule has 2 aromatic rings. The number of nitrogens with zero attached hydrogens (tertiary/aromatic N) is 2. The van der Waals surface area contributed by atoms with Crippen molar-refractivity contribution in [3.8, 4) is 11.5 Å². The molecule has 0 aromatic heterocycles. The van der Waals surface area contributed by atoms with Crippen molar-refractivity contribution in [1.29, 1.82) is 0 Å². The first-order chi connectivity index (χ1) is 14.1. The molecule has 1 fully saturated rings. The fourth-order valence-corrected chi connectivity index (χ4v) is 3.69. The molecule has 0 saturated carbocycles. The summed E-state index contributed by atoms with van der Waals surface area (Å²) in [4.78, 5) is 28.4. The summed E-state index contributed by atoms with van der Waals surface area (Å²) < 4.78 is 10.7. The van der Waals surface area contributed by atoms with E-state index in [-0.39, 0.29) is 31.6 Å². The number of hydrogen-bond donors (Lipinski definition) is 1. The molecule has 1 saturated heterocycles. The largest absolute Gasteiger partial charge is 0.454 e. The Balaban J connectivity index is 1.34. The van der Waals surface area contributed by atoms with Crippen molar-refractivity contribution in [2.24, 2.45) is 0 Å². The first-order valence-corrected chi connectivity index (χ1v) is 9.93. The van der Waals surface area contributed by atoms with Gasteiger partial charge in [-0.25, -0.2) is 0 Å². The monoisotopic (exact) mass is 395 g/mol. The van der Waals surface area contributed by atoms with Gasteiger partial charge < -0.3 is 24.6 Å². The minimum atomic E-state index is -0.133. The smallest absolute Gasteiger partial charge is 0.231 e. The molecule has 0 atom stereocenters.